The minimum Gasteiger partial charge on any atom is -0.494 e. The van der Waals surface area contributed by atoms with Crippen molar-refractivity contribution in [1.82, 2.24) is 0 Å². The number of nitrogens with zero attached hydrogens (tertiary/aromatic N) is 1. The largest absolute Gasteiger partial charge is 0.494 e. The van der Waals surface area contributed by atoms with Crippen molar-refractivity contribution in [3.8, 4) is 17.2 Å². The molecule has 0 fully saturated rings. The fourth-order valence-electron chi connectivity index (χ4n) is 3.17. The van der Waals surface area contributed by atoms with E-state index in [1.807, 2.05) is 6.92 Å². The molecule has 0 saturated heterocycles. The van der Waals surface area contributed by atoms with E-state index in [1.54, 1.807) is 24.3 Å². The van der Waals surface area contributed by atoms with E-state index in [0.29, 0.717) is 37.6 Å². The monoisotopic (exact) mass is 486 g/mol. The molecule has 0 radical (unpaired) electrons. The third kappa shape index (κ3) is 7.42. The number of carbonyl (C=O) groups is 3. The molecule has 11 nitrogen and oxygen atoms in total. The summed E-state index contributed by atoms with van der Waals surface area (Å²) < 4.78 is 21.3. The van der Waals surface area contributed by atoms with E-state index < -0.39 is 23.4 Å². The number of fused-ring (bicyclic) bond motifs is 1. The second-order valence-corrected chi connectivity index (χ2v) is 7.63. The van der Waals surface area contributed by atoms with Crippen LogP contribution < -0.4 is 19.5 Å². The highest BCUT2D eigenvalue weighted by atomic mass is 16.6. The molecule has 1 aliphatic heterocycles. The maximum Gasteiger partial charge on any atom is 0.306 e. The average molecular weight is 486 g/mol. The van der Waals surface area contributed by atoms with E-state index >= 15 is 0 Å². The molecule has 0 aromatic heterocycles. The number of benzene rings is 2. The van der Waals surface area contributed by atoms with Crippen molar-refractivity contribution in [3.63, 3.8) is 0 Å². The Kier molecular flexibility index (Phi) is 8.99. The van der Waals surface area contributed by atoms with Crippen molar-refractivity contribution in [2.75, 3.05) is 31.7 Å². The number of ketones is 1. The predicted octanol–water partition coefficient (Wildman–Crippen LogP) is 3.69. The molecule has 0 atom stereocenters. The van der Waals surface area contributed by atoms with Crippen LogP contribution in [-0.4, -0.2) is 49.0 Å². The van der Waals surface area contributed by atoms with E-state index in [2.05, 4.69) is 5.32 Å². The Morgan fingerprint density at radius 1 is 1.06 bits per heavy atom. The molecule has 3 rings (SSSR count). The van der Waals surface area contributed by atoms with E-state index in [1.165, 1.54) is 12.1 Å². The Morgan fingerprint density at radius 2 is 1.74 bits per heavy atom. The van der Waals surface area contributed by atoms with Gasteiger partial charge in [0.2, 0.25) is 0 Å². The van der Waals surface area contributed by atoms with Crippen LogP contribution in [-0.2, 0) is 14.3 Å². The lowest BCUT2D eigenvalue weighted by Crippen LogP contribution is -2.21. The lowest BCUT2D eigenvalue weighted by atomic mass is 10.1. The lowest BCUT2D eigenvalue weighted by Gasteiger charge is -2.11. The van der Waals surface area contributed by atoms with Gasteiger partial charge in [0.15, 0.2) is 23.9 Å². The third-order valence-corrected chi connectivity index (χ3v) is 4.91. The van der Waals surface area contributed by atoms with Crippen molar-refractivity contribution < 1.29 is 38.3 Å². The lowest BCUT2D eigenvalue weighted by molar-refractivity contribution is -0.384. The molecule has 0 unspecified atom stereocenters. The predicted molar refractivity (Wildman–Crippen MR) is 124 cm³/mol. The maximum atomic E-state index is 12.3. The van der Waals surface area contributed by atoms with Crippen molar-refractivity contribution in [2.45, 2.75) is 32.6 Å². The van der Waals surface area contributed by atoms with E-state index in [0.717, 1.165) is 6.42 Å². The highest BCUT2D eigenvalue weighted by Crippen LogP contribution is 2.39. The number of anilines is 1. The molecule has 0 saturated carbocycles. The molecule has 1 amide bonds. The van der Waals surface area contributed by atoms with Crippen LogP contribution in [0.1, 0.15) is 43.0 Å². The summed E-state index contributed by atoms with van der Waals surface area (Å²) in [5, 5.41) is 13.8. The van der Waals surface area contributed by atoms with Crippen LogP contribution in [0.25, 0.3) is 0 Å². The van der Waals surface area contributed by atoms with Crippen LogP contribution in [0, 0.1) is 10.1 Å². The van der Waals surface area contributed by atoms with Gasteiger partial charge in [0.25, 0.3) is 11.6 Å². The number of hydrogen-bond donors (Lipinski definition) is 1. The second kappa shape index (κ2) is 12.4. The molecule has 0 bridgehead atoms. The molecule has 1 aliphatic rings. The standard InChI is InChI=1S/C24H26N2O9/c1-2-10-32-17-6-4-16(5-7-17)20(27)8-9-24(29)35-15-23(28)25-18-13-21-22(14-19(18)26(30)31)34-12-3-11-33-21/h4-7,13-14H,2-3,8-12,15H2,1H3,(H,25,28). The summed E-state index contributed by atoms with van der Waals surface area (Å²) in [7, 11) is 0. The van der Waals surface area contributed by atoms with Gasteiger partial charge in [-0.1, -0.05) is 6.92 Å². The number of carbonyl (C=O) groups excluding carboxylic acids is 3. The molecule has 1 heterocycles. The third-order valence-electron chi connectivity index (χ3n) is 4.91. The van der Waals surface area contributed by atoms with E-state index in [9.17, 15) is 24.5 Å². The summed E-state index contributed by atoms with van der Waals surface area (Å²) in [6.07, 6.45) is 1.17. The van der Waals surface area contributed by atoms with Gasteiger partial charge in [-0.25, -0.2) is 0 Å². The van der Waals surface area contributed by atoms with Crippen LogP contribution >= 0.6 is 0 Å². The molecule has 0 aliphatic carbocycles. The summed E-state index contributed by atoms with van der Waals surface area (Å²) in [6.45, 7) is 2.62. The average Bonchev–Trinajstić information content (AvgIpc) is 3.09. The normalized spacial score (nSPS) is 12.3. The minimum absolute atomic E-state index is 0.0940. The molecule has 0 spiro atoms. The topological polar surface area (TPSA) is 143 Å². The summed E-state index contributed by atoms with van der Waals surface area (Å²) >= 11 is 0. The molecular weight excluding hydrogens is 460 g/mol. The van der Waals surface area contributed by atoms with E-state index in [4.69, 9.17) is 18.9 Å². The quantitative estimate of drug-likeness (QED) is 0.218. The first-order valence-electron chi connectivity index (χ1n) is 11.2. The van der Waals surface area contributed by atoms with E-state index in [-0.39, 0.29) is 41.5 Å². The molecule has 2 aromatic rings. The van der Waals surface area contributed by atoms with Gasteiger partial charge in [-0.3, -0.25) is 24.5 Å². The second-order valence-electron chi connectivity index (χ2n) is 7.63. The highest BCUT2D eigenvalue weighted by Gasteiger charge is 2.23. The Labute approximate surface area is 201 Å². The number of amides is 1. The number of ether oxygens (including phenoxy) is 4. The van der Waals surface area contributed by atoms with Gasteiger partial charge in [0.1, 0.15) is 11.4 Å². The molecule has 2 aromatic carbocycles. The number of nitro groups is 1. The van der Waals surface area contributed by atoms with Gasteiger partial charge in [-0.2, -0.15) is 0 Å². The summed E-state index contributed by atoms with van der Waals surface area (Å²) in [5.74, 6) is -0.635. The zero-order valence-corrected chi connectivity index (χ0v) is 19.2. The van der Waals surface area contributed by atoms with Crippen LogP contribution in [0.3, 0.4) is 0 Å². The van der Waals surface area contributed by atoms with Gasteiger partial charge in [0, 0.05) is 24.5 Å². The Hall–Kier alpha value is -4.15. The SMILES string of the molecule is CCCOc1ccc(C(=O)CCC(=O)OCC(=O)Nc2cc3c(cc2[N+](=O)[O-])OCCCO3)cc1. The molecule has 35 heavy (non-hydrogen) atoms. The number of nitrogens with one attached hydrogen (secondary N) is 1. The smallest absolute Gasteiger partial charge is 0.306 e. The van der Waals surface area contributed by atoms with Gasteiger partial charge in [-0.15, -0.1) is 0 Å². The zero-order chi connectivity index (χ0) is 25.2. The van der Waals surface area contributed by atoms with Crippen LogP contribution in [0.2, 0.25) is 0 Å². The number of rotatable bonds is 11. The zero-order valence-electron chi connectivity index (χ0n) is 19.2. The fourth-order valence-corrected chi connectivity index (χ4v) is 3.17. The Morgan fingerprint density at radius 3 is 2.40 bits per heavy atom. The summed E-state index contributed by atoms with van der Waals surface area (Å²) in [5.41, 5.74) is -0.0615. The van der Waals surface area contributed by atoms with Crippen molar-refractivity contribution in [1.29, 1.82) is 0 Å². The first-order chi connectivity index (χ1) is 16.9. The summed E-state index contributed by atoms with van der Waals surface area (Å²) in [4.78, 5) is 47.3. The first kappa shape index (κ1) is 25.5. The molecular formula is C24H26N2O9. The maximum absolute atomic E-state index is 12.3. The number of hydrogen-bond acceptors (Lipinski definition) is 9. The van der Waals surface area contributed by atoms with Crippen molar-refractivity contribution in [2.24, 2.45) is 0 Å². The number of Topliss-reactive ketones (excluding diaryl/α,β-unsaturated/α-hetero) is 1. The summed E-state index contributed by atoms with van der Waals surface area (Å²) in [6, 6.07) is 9.09. The highest BCUT2D eigenvalue weighted by molar-refractivity contribution is 5.98. The number of nitro benzene ring substituents is 1. The van der Waals surface area contributed by atoms with Gasteiger partial charge >= 0.3 is 5.97 Å². The van der Waals surface area contributed by atoms with Crippen LogP contribution in [0.4, 0.5) is 11.4 Å². The molecule has 11 heteroatoms. The fraction of sp³-hybridized carbons (Fsp3) is 0.375. The molecule has 1 N–H and O–H groups in total. The van der Waals surface area contributed by atoms with Crippen LogP contribution in [0.15, 0.2) is 36.4 Å². The first-order valence-corrected chi connectivity index (χ1v) is 11.2. The van der Waals surface area contributed by atoms with Gasteiger partial charge < -0.3 is 24.3 Å². The van der Waals surface area contributed by atoms with Crippen molar-refractivity contribution >= 4 is 29.0 Å². The van der Waals surface area contributed by atoms with Crippen molar-refractivity contribution in [3.05, 3.63) is 52.1 Å². The van der Waals surface area contributed by atoms with Gasteiger partial charge in [0.05, 0.1) is 37.2 Å². The number of esters is 1. The Bertz CT molecular complexity index is 1080. The molecule has 186 valence electrons. The Balaban J connectivity index is 1.49. The minimum atomic E-state index is -0.773. The van der Waals surface area contributed by atoms with Gasteiger partial charge in [-0.05, 0) is 30.7 Å². The van der Waals surface area contributed by atoms with Crippen LogP contribution in [0.5, 0.6) is 17.2 Å².